The summed E-state index contributed by atoms with van der Waals surface area (Å²) in [4.78, 5) is 16.6. The van der Waals surface area contributed by atoms with Crippen molar-refractivity contribution in [2.75, 3.05) is 33.3 Å². The highest BCUT2D eigenvalue weighted by atomic mass is 127. The highest BCUT2D eigenvalue weighted by Gasteiger charge is 2.11. The number of hydrogen-bond acceptors (Lipinski definition) is 4. The molecule has 2 rings (SSSR count). The van der Waals surface area contributed by atoms with E-state index in [0.717, 1.165) is 56.0 Å². The molecule has 0 fully saturated rings. The van der Waals surface area contributed by atoms with Gasteiger partial charge in [0, 0.05) is 31.7 Å². The fraction of sp³-hybridized carbons (Fsp3) is 0.478. The van der Waals surface area contributed by atoms with Gasteiger partial charge in [-0.15, -0.1) is 24.0 Å². The van der Waals surface area contributed by atoms with Crippen LogP contribution in [-0.2, 0) is 6.42 Å². The molecule has 2 aromatic rings. The first-order valence-electron chi connectivity index (χ1n) is 10.6. The number of nitrogens with one attached hydrogen (secondary N) is 3. The molecule has 31 heavy (non-hydrogen) atoms. The minimum absolute atomic E-state index is 0. The predicted octanol–water partition coefficient (Wildman–Crippen LogP) is 3.91. The van der Waals surface area contributed by atoms with Gasteiger partial charge in [-0.05, 0) is 63.3 Å². The van der Waals surface area contributed by atoms with Crippen LogP contribution in [0.25, 0.3) is 0 Å². The van der Waals surface area contributed by atoms with Gasteiger partial charge < -0.3 is 25.1 Å². The highest BCUT2D eigenvalue weighted by Crippen LogP contribution is 2.13. The fourth-order valence-electron chi connectivity index (χ4n) is 2.95. The van der Waals surface area contributed by atoms with Crippen LogP contribution in [0.1, 0.15) is 47.9 Å². The molecule has 1 amide bonds. The van der Waals surface area contributed by atoms with E-state index in [2.05, 4.69) is 33.1 Å². The number of methoxy groups -OCH3 is 1. The molecular weight excluding hydrogens is 507 g/mol. The average molecular weight is 542 g/mol. The van der Waals surface area contributed by atoms with Crippen LogP contribution in [0.2, 0.25) is 0 Å². The molecule has 1 aromatic carbocycles. The standard InChI is InChI=1S/C23H34N4O3.HI/c1-4-24-23(26-14-6-5-8-19-9-11-20(29-3)12-10-19)27-16-7-15-25-22(28)21-18(2)13-17-30-21;/h9-13,17H,4-8,14-16H2,1-3H3,(H,25,28)(H2,24,26,27);1H. The van der Waals surface area contributed by atoms with Gasteiger partial charge in [-0.3, -0.25) is 9.79 Å². The summed E-state index contributed by atoms with van der Waals surface area (Å²) in [7, 11) is 1.68. The molecular formula is C23H35IN4O3. The molecule has 7 nitrogen and oxygen atoms in total. The molecule has 3 N–H and O–H groups in total. The third-order valence-electron chi connectivity index (χ3n) is 4.65. The van der Waals surface area contributed by atoms with Gasteiger partial charge >= 0.3 is 0 Å². The van der Waals surface area contributed by atoms with E-state index in [1.54, 1.807) is 13.2 Å². The number of nitrogens with zero attached hydrogens (tertiary/aromatic N) is 1. The number of hydrogen-bond donors (Lipinski definition) is 3. The highest BCUT2D eigenvalue weighted by molar-refractivity contribution is 14.0. The molecule has 0 aliphatic heterocycles. The van der Waals surface area contributed by atoms with Crippen molar-refractivity contribution in [1.82, 2.24) is 16.0 Å². The van der Waals surface area contributed by atoms with Gasteiger partial charge in [-0.2, -0.15) is 0 Å². The number of aryl methyl sites for hydroxylation is 2. The molecule has 1 aromatic heterocycles. The van der Waals surface area contributed by atoms with Crippen LogP contribution in [0.15, 0.2) is 46.0 Å². The Hall–Kier alpha value is -2.23. The van der Waals surface area contributed by atoms with Gasteiger partial charge in [-0.1, -0.05) is 12.1 Å². The molecule has 0 radical (unpaired) electrons. The maximum absolute atomic E-state index is 12.0. The summed E-state index contributed by atoms with van der Waals surface area (Å²) in [6.07, 6.45) is 5.51. The van der Waals surface area contributed by atoms with Gasteiger partial charge in [0.25, 0.3) is 5.91 Å². The lowest BCUT2D eigenvalue weighted by atomic mass is 10.1. The maximum atomic E-state index is 12.0. The first-order chi connectivity index (χ1) is 14.6. The minimum Gasteiger partial charge on any atom is -0.497 e. The number of furan rings is 1. The van der Waals surface area contributed by atoms with Crippen molar-refractivity contribution >= 4 is 35.8 Å². The van der Waals surface area contributed by atoms with Gasteiger partial charge in [0.1, 0.15) is 5.75 Å². The monoisotopic (exact) mass is 542 g/mol. The van der Waals surface area contributed by atoms with E-state index in [1.165, 1.54) is 11.8 Å². The van der Waals surface area contributed by atoms with E-state index >= 15 is 0 Å². The van der Waals surface area contributed by atoms with Crippen LogP contribution < -0.4 is 20.7 Å². The van der Waals surface area contributed by atoms with E-state index in [0.29, 0.717) is 18.8 Å². The summed E-state index contributed by atoms with van der Waals surface area (Å²) < 4.78 is 10.4. The molecule has 0 unspecified atom stereocenters. The smallest absolute Gasteiger partial charge is 0.287 e. The zero-order valence-electron chi connectivity index (χ0n) is 18.7. The molecule has 0 saturated heterocycles. The lowest BCUT2D eigenvalue weighted by Gasteiger charge is -2.11. The van der Waals surface area contributed by atoms with Crippen molar-refractivity contribution in [3.63, 3.8) is 0 Å². The number of aliphatic imine (C=N–C) groups is 1. The normalized spacial score (nSPS) is 10.9. The van der Waals surface area contributed by atoms with Crippen LogP contribution in [-0.4, -0.2) is 45.2 Å². The quantitative estimate of drug-likeness (QED) is 0.164. The molecule has 172 valence electrons. The first kappa shape index (κ1) is 26.8. The number of rotatable bonds is 12. The molecule has 0 bridgehead atoms. The third kappa shape index (κ3) is 10.1. The second-order valence-corrected chi connectivity index (χ2v) is 7.03. The number of benzene rings is 1. The Labute approximate surface area is 202 Å². The van der Waals surface area contributed by atoms with Crippen LogP contribution in [0.3, 0.4) is 0 Å². The summed E-state index contributed by atoms with van der Waals surface area (Å²) >= 11 is 0. The van der Waals surface area contributed by atoms with E-state index in [4.69, 9.17) is 9.15 Å². The Bertz CT molecular complexity index is 790. The zero-order chi connectivity index (χ0) is 21.6. The van der Waals surface area contributed by atoms with E-state index in [-0.39, 0.29) is 29.9 Å². The zero-order valence-corrected chi connectivity index (χ0v) is 21.0. The van der Waals surface area contributed by atoms with E-state index < -0.39 is 0 Å². The van der Waals surface area contributed by atoms with Crippen molar-refractivity contribution in [2.24, 2.45) is 4.99 Å². The summed E-state index contributed by atoms with van der Waals surface area (Å²) in [6.45, 7) is 6.78. The number of carbonyl (C=O) groups is 1. The van der Waals surface area contributed by atoms with E-state index in [1.807, 2.05) is 26.0 Å². The van der Waals surface area contributed by atoms with Crippen LogP contribution in [0.5, 0.6) is 5.75 Å². The van der Waals surface area contributed by atoms with Gasteiger partial charge in [0.15, 0.2) is 11.7 Å². The molecule has 0 saturated carbocycles. The van der Waals surface area contributed by atoms with Gasteiger partial charge in [0.05, 0.1) is 13.4 Å². The molecule has 1 heterocycles. The molecule has 0 aliphatic carbocycles. The molecule has 0 atom stereocenters. The van der Waals surface area contributed by atoms with Gasteiger partial charge in [0.2, 0.25) is 0 Å². The Morgan fingerprint density at radius 2 is 1.77 bits per heavy atom. The lowest BCUT2D eigenvalue weighted by Crippen LogP contribution is -2.38. The molecule has 0 spiro atoms. The largest absolute Gasteiger partial charge is 0.497 e. The predicted molar refractivity (Wildman–Crippen MR) is 136 cm³/mol. The molecule has 8 heteroatoms. The SMILES string of the molecule is CCNC(=NCCCNC(=O)c1occc1C)NCCCCc1ccc(OC)cc1.I. The second-order valence-electron chi connectivity index (χ2n) is 7.03. The van der Waals surface area contributed by atoms with Crippen molar-refractivity contribution in [2.45, 2.75) is 39.5 Å². The van der Waals surface area contributed by atoms with Gasteiger partial charge in [-0.25, -0.2) is 0 Å². The number of guanidine groups is 1. The number of ether oxygens (including phenoxy) is 1. The summed E-state index contributed by atoms with van der Waals surface area (Å²) in [6, 6.07) is 10.0. The topological polar surface area (TPSA) is 87.9 Å². The van der Waals surface area contributed by atoms with Crippen LogP contribution in [0.4, 0.5) is 0 Å². The minimum atomic E-state index is -0.177. The Morgan fingerprint density at radius 3 is 2.42 bits per heavy atom. The summed E-state index contributed by atoms with van der Waals surface area (Å²) in [5.74, 6) is 1.91. The maximum Gasteiger partial charge on any atom is 0.287 e. The summed E-state index contributed by atoms with van der Waals surface area (Å²) in [5, 5.41) is 9.49. The fourth-order valence-corrected chi connectivity index (χ4v) is 2.95. The van der Waals surface area contributed by atoms with Crippen molar-refractivity contribution in [3.05, 3.63) is 53.5 Å². The number of amides is 1. The molecule has 0 aliphatic rings. The number of halogens is 1. The van der Waals surface area contributed by atoms with Crippen LogP contribution >= 0.6 is 24.0 Å². The number of unbranched alkanes of at least 4 members (excludes halogenated alkanes) is 1. The Kier molecular flexibility index (Phi) is 13.4. The van der Waals surface area contributed by atoms with Crippen molar-refractivity contribution < 1.29 is 13.9 Å². The Morgan fingerprint density at radius 1 is 1.03 bits per heavy atom. The van der Waals surface area contributed by atoms with Crippen molar-refractivity contribution in [1.29, 1.82) is 0 Å². The average Bonchev–Trinajstić information content (AvgIpc) is 3.19. The second kappa shape index (κ2) is 15.6. The lowest BCUT2D eigenvalue weighted by molar-refractivity contribution is 0.0925. The van der Waals surface area contributed by atoms with Crippen LogP contribution in [0, 0.1) is 6.92 Å². The van der Waals surface area contributed by atoms with Crippen molar-refractivity contribution in [3.8, 4) is 5.75 Å². The third-order valence-corrected chi connectivity index (χ3v) is 4.65. The summed E-state index contributed by atoms with van der Waals surface area (Å²) in [5.41, 5.74) is 2.17. The first-order valence-corrected chi connectivity index (χ1v) is 10.6. The van der Waals surface area contributed by atoms with E-state index in [9.17, 15) is 4.79 Å². The Balaban J connectivity index is 0.00000480. The number of carbonyl (C=O) groups excluding carboxylic acids is 1.